The number of fused-ring (bicyclic) bond motifs is 1. The minimum Gasteiger partial charge on any atom is -0.478 e. The highest BCUT2D eigenvalue weighted by molar-refractivity contribution is 6.05. The maximum atomic E-state index is 13.0. The van der Waals surface area contributed by atoms with Gasteiger partial charge in [0.2, 0.25) is 5.91 Å². The van der Waals surface area contributed by atoms with Crippen molar-refractivity contribution in [3.05, 3.63) is 65.7 Å². The van der Waals surface area contributed by atoms with E-state index in [0.29, 0.717) is 48.3 Å². The van der Waals surface area contributed by atoms with E-state index in [1.165, 1.54) is 19.3 Å². The molecule has 1 N–H and O–H groups in total. The quantitative estimate of drug-likeness (QED) is 0.565. The summed E-state index contributed by atoms with van der Waals surface area (Å²) in [6, 6.07) is 17.1. The molecule has 2 aliphatic heterocycles. The third kappa shape index (κ3) is 5.21. The van der Waals surface area contributed by atoms with Gasteiger partial charge in [-0.25, -0.2) is 9.78 Å². The molecule has 5 rings (SSSR count). The van der Waals surface area contributed by atoms with Crippen LogP contribution in [0.25, 0.3) is 22.2 Å². The molecule has 2 fully saturated rings. The number of carboxylic acids is 1. The number of pyridine rings is 1. The molecule has 0 atom stereocenters. The van der Waals surface area contributed by atoms with Gasteiger partial charge >= 0.3 is 5.97 Å². The zero-order chi connectivity index (χ0) is 24.2. The number of hydrogen-bond donors (Lipinski definition) is 1. The summed E-state index contributed by atoms with van der Waals surface area (Å²) in [4.78, 5) is 36.8. The lowest BCUT2D eigenvalue weighted by Crippen LogP contribution is -2.52. The van der Waals surface area contributed by atoms with Gasteiger partial charge in [0.1, 0.15) is 0 Å². The van der Waals surface area contributed by atoms with Crippen LogP contribution in [0, 0.1) is 0 Å². The zero-order valence-electron chi connectivity index (χ0n) is 20.0. The molecular weight excluding hydrogens is 440 g/mol. The van der Waals surface area contributed by atoms with Crippen molar-refractivity contribution in [2.24, 2.45) is 0 Å². The molecule has 1 amide bonds. The van der Waals surface area contributed by atoms with Crippen LogP contribution in [0.2, 0.25) is 0 Å². The number of nitrogens with zero attached hydrogens (tertiary/aromatic N) is 4. The number of para-hydroxylation sites is 1. The van der Waals surface area contributed by atoms with Crippen LogP contribution in [0.4, 0.5) is 0 Å². The minimum absolute atomic E-state index is 0.111. The van der Waals surface area contributed by atoms with E-state index < -0.39 is 5.97 Å². The average molecular weight is 473 g/mol. The van der Waals surface area contributed by atoms with E-state index in [-0.39, 0.29) is 11.5 Å². The van der Waals surface area contributed by atoms with Crippen molar-refractivity contribution in [3.63, 3.8) is 0 Å². The predicted octanol–water partition coefficient (Wildman–Crippen LogP) is 3.73. The first kappa shape index (κ1) is 23.5. The van der Waals surface area contributed by atoms with E-state index in [0.717, 1.165) is 31.7 Å². The van der Waals surface area contributed by atoms with Crippen LogP contribution < -0.4 is 0 Å². The first-order chi connectivity index (χ1) is 17.1. The number of hydrogen-bond acceptors (Lipinski definition) is 5. The van der Waals surface area contributed by atoms with Gasteiger partial charge in [-0.2, -0.15) is 0 Å². The molecule has 0 saturated carbocycles. The molecule has 0 unspecified atom stereocenters. The number of benzene rings is 2. The van der Waals surface area contributed by atoms with Gasteiger partial charge in [-0.3, -0.25) is 9.69 Å². The van der Waals surface area contributed by atoms with Gasteiger partial charge in [-0.15, -0.1) is 0 Å². The fraction of sp³-hybridized carbons (Fsp3) is 0.393. The monoisotopic (exact) mass is 472 g/mol. The molecule has 0 radical (unpaired) electrons. The van der Waals surface area contributed by atoms with Crippen molar-refractivity contribution in [1.82, 2.24) is 19.7 Å². The van der Waals surface area contributed by atoms with Gasteiger partial charge in [0.15, 0.2) is 0 Å². The summed E-state index contributed by atoms with van der Waals surface area (Å²) in [6.45, 7) is 5.99. The Balaban J connectivity index is 1.39. The van der Waals surface area contributed by atoms with Crippen LogP contribution in [0.5, 0.6) is 0 Å². The van der Waals surface area contributed by atoms with E-state index in [9.17, 15) is 14.7 Å². The molecule has 35 heavy (non-hydrogen) atoms. The van der Waals surface area contributed by atoms with Gasteiger partial charge in [0, 0.05) is 49.2 Å². The first-order valence-electron chi connectivity index (χ1n) is 12.5. The molecule has 182 valence electrons. The number of carbonyl (C=O) groups is 2. The summed E-state index contributed by atoms with van der Waals surface area (Å²) in [5, 5.41) is 10.9. The minimum atomic E-state index is -0.970. The van der Waals surface area contributed by atoms with Gasteiger partial charge in [-0.1, -0.05) is 55.0 Å². The molecule has 7 heteroatoms. The van der Waals surface area contributed by atoms with E-state index in [4.69, 9.17) is 4.98 Å². The predicted molar refractivity (Wildman–Crippen MR) is 136 cm³/mol. The standard InChI is InChI=1S/C28H32N4O3/c33-25-20-31(16-18-32(25)17-15-30-13-7-2-8-14-30)19-23-26(28(34)35)22-11-5-6-12-24(22)29-27(23)21-9-3-1-4-10-21/h1,3-6,9-12H,2,7-8,13-20H2,(H,34,35). The first-order valence-corrected chi connectivity index (χ1v) is 12.5. The number of piperazine rings is 1. The molecule has 0 spiro atoms. The normalized spacial score (nSPS) is 17.7. The maximum absolute atomic E-state index is 13.0. The van der Waals surface area contributed by atoms with Crippen LogP contribution in [-0.4, -0.2) is 82.5 Å². The lowest BCUT2D eigenvalue weighted by molar-refractivity contribution is -0.136. The lowest BCUT2D eigenvalue weighted by Gasteiger charge is -2.36. The van der Waals surface area contributed by atoms with Gasteiger partial charge < -0.3 is 14.9 Å². The molecule has 2 aromatic carbocycles. The van der Waals surface area contributed by atoms with E-state index in [1.807, 2.05) is 59.5 Å². The van der Waals surface area contributed by atoms with Crippen LogP contribution >= 0.6 is 0 Å². The van der Waals surface area contributed by atoms with Crippen LogP contribution in [0.1, 0.15) is 35.2 Å². The van der Waals surface area contributed by atoms with Crippen LogP contribution in [-0.2, 0) is 11.3 Å². The largest absolute Gasteiger partial charge is 0.478 e. The number of piperidine rings is 1. The maximum Gasteiger partial charge on any atom is 0.336 e. The summed E-state index contributed by atoms with van der Waals surface area (Å²) >= 11 is 0. The number of aromatic carboxylic acids is 1. The summed E-state index contributed by atoms with van der Waals surface area (Å²) < 4.78 is 0. The molecule has 7 nitrogen and oxygen atoms in total. The molecular formula is C28H32N4O3. The summed E-state index contributed by atoms with van der Waals surface area (Å²) in [6.07, 6.45) is 3.80. The highest BCUT2D eigenvalue weighted by Crippen LogP contribution is 2.31. The van der Waals surface area contributed by atoms with Crippen LogP contribution in [0.3, 0.4) is 0 Å². The Morgan fingerprint density at radius 3 is 2.34 bits per heavy atom. The fourth-order valence-corrected chi connectivity index (χ4v) is 5.28. The Morgan fingerprint density at radius 1 is 0.857 bits per heavy atom. The Bertz CT molecular complexity index is 1210. The number of amides is 1. The highest BCUT2D eigenvalue weighted by Gasteiger charge is 2.28. The van der Waals surface area contributed by atoms with Gasteiger partial charge in [0.25, 0.3) is 0 Å². The molecule has 0 bridgehead atoms. The smallest absolute Gasteiger partial charge is 0.336 e. The summed E-state index contributed by atoms with van der Waals surface area (Å²) in [7, 11) is 0. The number of likely N-dealkylation sites (tertiary alicyclic amines) is 1. The SMILES string of the molecule is O=C(O)c1c(CN2CCN(CCN3CCCCC3)C(=O)C2)c(-c2ccccc2)nc2ccccc12. The van der Waals surface area contributed by atoms with Crippen molar-refractivity contribution in [1.29, 1.82) is 0 Å². The van der Waals surface area contributed by atoms with E-state index >= 15 is 0 Å². The second-order valence-electron chi connectivity index (χ2n) is 9.50. The average Bonchev–Trinajstić information content (AvgIpc) is 2.88. The molecule has 2 aliphatic rings. The van der Waals surface area contributed by atoms with E-state index in [1.54, 1.807) is 0 Å². The third-order valence-electron chi connectivity index (χ3n) is 7.17. The zero-order valence-corrected chi connectivity index (χ0v) is 20.0. The Labute approximate surface area is 206 Å². The molecule has 3 heterocycles. The molecule has 3 aromatic rings. The second-order valence-corrected chi connectivity index (χ2v) is 9.50. The summed E-state index contributed by atoms with van der Waals surface area (Å²) in [5.41, 5.74) is 3.14. The second kappa shape index (κ2) is 10.5. The molecule has 0 aliphatic carbocycles. The van der Waals surface area contributed by atoms with Crippen molar-refractivity contribution in [3.8, 4) is 11.3 Å². The van der Waals surface area contributed by atoms with Crippen LogP contribution in [0.15, 0.2) is 54.6 Å². The Kier molecular flexibility index (Phi) is 7.06. The van der Waals surface area contributed by atoms with Crippen molar-refractivity contribution >= 4 is 22.8 Å². The molecule has 1 aromatic heterocycles. The lowest BCUT2D eigenvalue weighted by atomic mass is 9.96. The third-order valence-corrected chi connectivity index (χ3v) is 7.17. The van der Waals surface area contributed by atoms with Crippen molar-refractivity contribution < 1.29 is 14.7 Å². The van der Waals surface area contributed by atoms with Crippen molar-refractivity contribution in [2.75, 3.05) is 45.8 Å². The highest BCUT2D eigenvalue weighted by atomic mass is 16.4. The topological polar surface area (TPSA) is 77.0 Å². The van der Waals surface area contributed by atoms with Gasteiger partial charge in [0.05, 0.1) is 23.3 Å². The van der Waals surface area contributed by atoms with Crippen molar-refractivity contribution in [2.45, 2.75) is 25.8 Å². The number of carbonyl (C=O) groups excluding carboxylic acids is 1. The number of aromatic nitrogens is 1. The molecule has 2 saturated heterocycles. The summed E-state index contributed by atoms with van der Waals surface area (Å²) in [5.74, 6) is -0.859. The number of rotatable bonds is 7. The number of carboxylic acid groups (broad SMARTS) is 1. The van der Waals surface area contributed by atoms with Gasteiger partial charge in [-0.05, 0) is 32.0 Å². The Morgan fingerprint density at radius 2 is 1.60 bits per heavy atom. The fourth-order valence-electron chi connectivity index (χ4n) is 5.28. The van der Waals surface area contributed by atoms with E-state index in [2.05, 4.69) is 9.80 Å². The Hall–Kier alpha value is -3.29.